The van der Waals surface area contributed by atoms with Crippen LogP contribution in [0, 0.1) is 5.92 Å². The van der Waals surface area contributed by atoms with E-state index in [9.17, 15) is 4.79 Å². The standard InChI is InChI=1S/C15H22N2O/c1-11-6-5-9-17(12(11)2)15(18)10-13-7-3-4-8-14(13)16/h3-4,7-8,11-12H,5-6,9-10,16H2,1-2H3. The van der Waals surface area contributed by atoms with Gasteiger partial charge in [0, 0.05) is 18.3 Å². The maximum Gasteiger partial charge on any atom is 0.227 e. The number of hydrogen-bond acceptors (Lipinski definition) is 2. The average molecular weight is 246 g/mol. The molecule has 2 atom stereocenters. The van der Waals surface area contributed by atoms with Gasteiger partial charge in [-0.15, -0.1) is 0 Å². The van der Waals surface area contributed by atoms with Gasteiger partial charge < -0.3 is 10.6 Å². The predicted octanol–water partition coefficient (Wildman–Crippen LogP) is 2.46. The van der Waals surface area contributed by atoms with Crippen LogP contribution in [0.5, 0.6) is 0 Å². The van der Waals surface area contributed by atoms with Gasteiger partial charge >= 0.3 is 0 Å². The van der Waals surface area contributed by atoms with Crippen molar-refractivity contribution in [2.75, 3.05) is 12.3 Å². The smallest absolute Gasteiger partial charge is 0.227 e. The van der Waals surface area contributed by atoms with Crippen molar-refractivity contribution in [2.24, 2.45) is 5.92 Å². The van der Waals surface area contributed by atoms with Gasteiger partial charge in [0.05, 0.1) is 6.42 Å². The van der Waals surface area contributed by atoms with Crippen molar-refractivity contribution in [3.8, 4) is 0 Å². The van der Waals surface area contributed by atoms with Crippen LogP contribution in [0.4, 0.5) is 5.69 Å². The lowest BCUT2D eigenvalue weighted by Crippen LogP contribution is -2.46. The molecule has 2 N–H and O–H groups in total. The van der Waals surface area contributed by atoms with E-state index < -0.39 is 0 Å². The van der Waals surface area contributed by atoms with Crippen LogP contribution in [-0.2, 0) is 11.2 Å². The van der Waals surface area contributed by atoms with Gasteiger partial charge in [0.15, 0.2) is 0 Å². The number of benzene rings is 1. The highest BCUT2D eigenvalue weighted by Gasteiger charge is 2.28. The first kappa shape index (κ1) is 12.9. The van der Waals surface area contributed by atoms with Gasteiger partial charge in [0.25, 0.3) is 0 Å². The van der Waals surface area contributed by atoms with E-state index in [-0.39, 0.29) is 5.91 Å². The topological polar surface area (TPSA) is 46.3 Å². The summed E-state index contributed by atoms with van der Waals surface area (Å²) in [6, 6.07) is 7.96. The van der Waals surface area contributed by atoms with Crippen molar-refractivity contribution in [1.82, 2.24) is 4.90 Å². The Bertz CT molecular complexity index is 430. The summed E-state index contributed by atoms with van der Waals surface area (Å²) in [7, 11) is 0. The first-order chi connectivity index (χ1) is 8.59. The summed E-state index contributed by atoms with van der Waals surface area (Å²) in [6.07, 6.45) is 2.75. The fourth-order valence-electron chi connectivity index (χ4n) is 2.65. The molecule has 1 amide bonds. The Morgan fingerprint density at radius 2 is 2.11 bits per heavy atom. The SMILES string of the molecule is CC1CCCN(C(=O)Cc2ccccc2N)C1C. The van der Waals surface area contributed by atoms with Crippen molar-refractivity contribution in [3.05, 3.63) is 29.8 Å². The summed E-state index contributed by atoms with van der Waals surface area (Å²) < 4.78 is 0. The number of piperidine rings is 1. The highest BCUT2D eigenvalue weighted by molar-refractivity contribution is 5.80. The van der Waals surface area contributed by atoms with E-state index in [1.54, 1.807) is 0 Å². The Labute approximate surface area is 109 Å². The molecule has 1 saturated heterocycles. The number of carbonyl (C=O) groups excluding carboxylic acids is 1. The number of carbonyl (C=O) groups is 1. The van der Waals surface area contributed by atoms with Gasteiger partial charge in [-0.2, -0.15) is 0 Å². The van der Waals surface area contributed by atoms with Crippen LogP contribution in [-0.4, -0.2) is 23.4 Å². The van der Waals surface area contributed by atoms with Gasteiger partial charge in [-0.05, 0) is 37.3 Å². The number of nitrogen functional groups attached to an aromatic ring is 1. The molecule has 1 aliphatic heterocycles. The summed E-state index contributed by atoms with van der Waals surface area (Å²) in [5.74, 6) is 0.794. The molecule has 2 rings (SSSR count). The number of rotatable bonds is 2. The van der Waals surface area contributed by atoms with Crippen LogP contribution in [0.15, 0.2) is 24.3 Å². The Morgan fingerprint density at radius 3 is 2.83 bits per heavy atom. The second kappa shape index (κ2) is 5.42. The number of anilines is 1. The number of hydrogen-bond donors (Lipinski definition) is 1. The minimum atomic E-state index is 0.201. The minimum Gasteiger partial charge on any atom is -0.398 e. The van der Waals surface area contributed by atoms with E-state index >= 15 is 0 Å². The Kier molecular flexibility index (Phi) is 3.90. The van der Waals surface area contributed by atoms with Gasteiger partial charge in [0.1, 0.15) is 0 Å². The zero-order valence-corrected chi connectivity index (χ0v) is 11.2. The van der Waals surface area contributed by atoms with Gasteiger partial charge in [-0.3, -0.25) is 4.79 Å². The summed E-state index contributed by atoms with van der Waals surface area (Å²) in [6.45, 7) is 5.26. The lowest BCUT2D eigenvalue weighted by molar-refractivity contribution is -0.135. The highest BCUT2D eigenvalue weighted by atomic mass is 16.2. The highest BCUT2D eigenvalue weighted by Crippen LogP contribution is 2.24. The minimum absolute atomic E-state index is 0.201. The first-order valence-electron chi connectivity index (χ1n) is 6.72. The van der Waals surface area contributed by atoms with E-state index in [0.717, 1.165) is 18.5 Å². The molecule has 1 heterocycles. The number of likely N-dealkylation sites (tertiary alicyclic amines) is 1. The summed E-state index contributed by atoms with van der Waals surface area (Å²) >= 11 is 0. The molecule has 0 bridgehead atoms. The van der Waals surface area contributed by atoms with Crippen LogP contribution in [0.1, 0.15) is 32.3 Å². The van der Waals surface area contributed by atoms with Gasteiger partial charge in [-0.25, -0.2) is 0 Å². The molecular formula is C15H22N2O. The molecule has 1 fully saturated rings. The molecule has 3 nitrogen and oxygen atoms in total. The maximum absolute atomic E-state index is 12.3. The number of nitrogens with two attached hydrogens (primary N) is 1. The van der Waals surface area contributed by atoms with E-state index in [1.807, 2.05) is 29.2 Å². The molecule has 0 aliphatic carbocycles. The van der Waals surface area contributed by atoms with E-state index in [2.05, 4.69) is 13.8 Å². The quantitative estimate of drug-likeness (QED) is 0.815. The molecule has 3 heteroatoms. The largest absolute Gasteiger partial charge is 0.398 e. The van der Waals surface area contributed by atoms with Crippen molar-refractivity contribution in [3.63, 3.8) is 0 Å². The first-order valence-corrected chi connectivity index (χ1v) is 6.72. The Hall–Kier alpha value is -1.51. The average Bonchev–Trinajstić information content (AvgIpc) is 2.35. The fraction of sp³-hybridized carbons (Fsp3) is 0.533. The van der Waals surface area contributed by atoms with Crippen molar-refractivity contribution < 1.29 is 4.79 Å². The van der Waals surface area contributed by atoms with Crippen molar-refractivity contribution in [1.29, 1.82) is 0 Å². The lowest BCUT2D eigenvalue weighted by atomic mass is 9.91. The van der Waals surface area contributed by atoms with E-state index in [1.165, 1.54) is 6.42 Å². The third-order valence-corrected chi connectivity index (χ3v) is 4.09. The molecule has 1 aromatic carbocycles. The molecule has 98 valence electrons. The normalized spacial score (nSPS) is 24.0. The summed E-state index contributed by atoms with van der Waals surface area (Å²) in [5.41, 5.74) is 7.54. The van der Waals surface area contributed by atoms with Crippen molar-refractivity contribution >= 4 is 11.6 Å². The molecule has 1 aliphatic rings. The molecule has 0 aromatic heterocycles. The van der Waals surface area contributed by atoms with E-state index in [0.29, 0.717) is 24.1 Å². The monoisotopic (exact) mass is 246 g/mol. The van der Waals surface area contributed by atoms with Crippen LogP contribution >= 0.6 is 0 Å². The Balaban J connectivity index is 2.06. The number of amides is 1. The van der Waals surface area contributed by atoms with Gasteiger partial charge in [0.2, 0.25) is 5.91 Å². The van der Waals surface area contributed by atoms with Crippen LogP contribution in [0.2, 0.25) is 0 Å². The molecule has 0 saturated carbocycles. The lowest BCUT2D eigenvalue weighted by Gasteiger charge is -2.38. The fourth-order valence-corrected chi connectivity index (χ4v) is 2.65. The summed E-state index contributed by atoms with van der Waals surface area (Å²) in [4.78, 5) is 14.4. The molecular weight excluding hydrogens is 224 g/mol. The molecule has 18 heavy (non-hydrogen) atoms. The Morgan fingerprint density at radius 1 is 1.39 bits per heavy atom. The third-order valence-electron chi connectivity index (χ3n) is 4.09. The molecule has 1 aromatic rings. The van der Waals surface area contributed by atoms with Crippen LogP contribution in [0.3, 0.4) is 0 Å². The van der Waals surface area contributed by atoms with Crippen LogP contribution < -0.4 is 5.73 Å². The summed E-state index contributed by atoms with van der Waals surface area (Å²) in [5, 5.41) is 0. The van der Waals surface area contributed by atoms with Gasteiger partial charge in [-0.1, -0.05) is 25.1 Å². The number of nitrogens with zero attached hydrogens (tertiary/aromatic N) is 1. The zero-order chi connectivity index (χ0) is 13.1. The van der Waals surface area contributed by atoms with E-state index in [4.69, 9.17) is 5.73 Å². The molecule has 0 spiro atoms. The predicted molar refractivity (Wildman–Crippen MR) is 74.1 cm³/mol. The third kappa shape index (κ3) is 2.66. The second-order valence-corrected chi connectivity index (χ2v) is 5.32. The molecule has 2 unspecified atom stereocenters. The van der Waals surface area contributed by atoms with Crippen molar-refractivity contribution in [2.45, 2.75) is 39.2 Å². The second-order valence-electron chi connectivity index (χ2n) is 5.32. The number of para-hydroxylation sites is 1. The van der Waals surface area contributed by atoms with Crippen LogP contribution in [0.25, 0.3) is 0 Å². The maximum atomic E-state index is 12.3. The zero-order valence-electron chi connectivity index (χ0n) is 11.2. The molecule has 0 radical (unpaired) electrons.